The summed E-state index contributed by atoms with van der Waals surface area (Å²) in [5.41, 5.74) is 1.15. The zero-order valence-electron chi connectivity index (χ0n) is 13.6. The van der Waals surface area contributed by atoms with E-state index in [0.717, 1.165) is 12.8 Å². The molecule has 0 aliphatic carbocycles. The summed E-state index contributed by atoms with van der Waals surface area (Å²) < 4.78 is 20.5. The maximum atomic E-state index is 13.2. The number of ether oxygens (including phenoxy) is 1. The number of carbonyl (C=O) groups excluding carboxylic acids is 2. The zero-order valence-corrected chi connectivity index (χ0v) is 14.4. The van der Waals surface area contributed by atoms with Crippen molar-refractivity contribution >= 4 is 29.1 Å². The molecule has 26 heavy (non-hydrogen) atoms. The number of hydrogen-bond donors (Lipinski definition) is 0. The van der Waals surface area contributed by atoms with Crippen molar-refractivity contribution in [2.75, 3.05) is 4.90 Å². The molecule has 1 aromatic heterocycles. The fourth-order valence-electron chi connectivity index (χ4n) is 4.35. The number of benzene rings is 1. The van der Waals surface area contributed by atoms with Gasteiger partial charge in [0.25, 0.3) is 0 Å². The molecule has 2 amide bonds. The highest BCUT2D eigenvalue weighted by atomic mass is 35.5. The van der Waals surface area contributed by atoms with Crippen LogP contribution in [0.4, 0.5) is 10.1 Å². The maximum absolute atomic E-state index is 13.2. The fraction of sp³-hybridized carbons (Fsp3) is 0.389. The van der Waals surface area contributed by atoms with Crippen LogP contribution in [0.25, 0.3) is 0 Å². The molecule has 0 saturated carbocycles. The van der Waals surface area contributed by atoms with Crippen molar-refractivity contribution in [2.24, 2.45) is 11.8 Å². The van der Waals surface area contributed by atoms with Crippen LogP contribution in [-0.4, -0.2) is 33.8 Å². The van der Waals surface area contributed by atoms with Gasteiger partial charge in [0.1, 0.15) is 5.82 Å². The van der Waals surface area contributed by atoms with Crippen LogP contribution < -0.4 is 4.90 Å². The van der Waals surface area contributed by atoms with Crippen molar-refractivity contribution in [3.63, 3.8) is 0 Å². The van der Waals surface area contributed by atoms with Gasteiger partial charge >= 0.3 is 0 Å². The Morgan fingerprint density at radius 2 is 1.88 bits per heavy atom. The molecule has 1 aromatic carbocycles. The summed E-state index contributed by atoms with van der Waals surface area (Å²) in [5.74, 6) is -1.54. The fourth-order valence-corrected chi connectivity index (χ4v) is 4.57. The molecule has 3 aliphatic rings. The summed E-state index contributed by atoms with van der Waals surface area (Å²) >= 11 is 6.05. The third kappa shape index (κ3) is 2.23. The molecule has 6 nitrogen and oxygen atoms in total. The minimum Gasteiger partial charge on any atom is -0.373 e. The van der Waals surface area contributed by atoms with E-state index < -0.39 is 5.82 Å². The maximum Gasteiger partial charge on any atom is 0.240 e. The van der Waals surface area contributed by atoms with Gasteiger partial charge in [-0.2, -0.15) is 5.10 Å². The molecule has 8 heteroatoms. The third-order valence-corrected chi connectivity index (χ3v) is 5.86. The van der Waals surface area contributed by atoms with Crippen molar-refractivity contribution in [3.8, 4) is 0 Å². The monoisotopic (exact) mass is 375 g/mol. The number of nitrogens with zero attached hydrogens (tertiary/aromatic N) is 3. The minimum atomic E-state index is -0.406. The van der Waals surface area contributed by atoms with Gasteiger partial charge in [-0.05, 0) is 30.5 Å². The molecule has 0 radical (unpaired) electrons. The van der Waals surface area contributed by atoms with Gasteiger partial charge in [0.05, 0.1) is 42.5 Å². The molecule has 4 heterocycles. The predicted octanol–water partition coefficient (Wildman–Crippen LogP) is 2.39. The number of hydrogen-bond acceptors (Lipinski definition) is 4. The number of aromatic nitrogens is 2. The van der Waals surface area contributed by atoms with E-state index in [4.69, 9.17) is 16.3 Å². The van der Waals surface area contributed by atoms with Gasteiger partial charge in [0.15, 0.2) is 0 Å². The van der Waals surface area contributed by atoms with Crippen LogP contribution in [0.1, 0.15) is 18.4 Å². The first-order valence-corrected chi connectivity index (χ1v) is 8.90. The van der Waals surface area contributed by atoms with Crippen molar-refractivity contribution < 1.29 is 18.7 Å². The van der Waals surface area contributed by atoms with Crippen LogP contribution in [0.2, 0.25) is 5.02 Å². The van der Waals surface area contributed by atoms with Crippen molar-refractivity contribution in [1.29, 1.82) is 0 Å². The van der Waals surface area contributed by atoms with Gasteiger partial charge < -0.3 is 4.74 Å². The number of halogens is 2. The van der Waals surface area contributed by atoms with E-state index in [1.54, 1.807) is 16.9 Å². The summed E-state index contributed by atoms with van der Waals surface area (Å²) in [6, 6.07) is 4.16. The van der Waals surface area contributed by atoms with Gasteiger partial charge in [-0.25, -0.2) is 9.29 Å². The van der Waals surface area contributed by atoms with Crippen LogP contribution in [0.5, 0.6) is 0 Å². The zero-order chi connectivity index (χ0) is 18.0. The standard InChI is InChI=1S/C18H15ClFN3O3/c19-12-5-10(20)2-1-9(12)7-22-8-11(6-21-22)23-17(24)15-13-3-4-14(26-13)16(15)18(23)25/h1-2,5-6,8,13-16H,3-4,7H2. The normalized spacial score (nSPS) is 29.7. The predicted molar refractivity (Wildman–Crippen MR) is 90.1 cm³/mol. The van der Waals surface area contributed by atoms with Crippen LogP contribution >= 0.6 is 11.6 Å². The Morgan fingerprint density at radius 3 is 2.54 bits per heavy atom. The number of imide groups is 1. The summed E-state index contributed by atoms with van der Waals surface area (Å²) in [6.07, 6.45) is 4.53. The van der Waals surface area contributed by atoms with E-state index in [2.05, 4.69) is 5.10 Å². The molecule has 4 atom stereocenters. The SMILES string of the molecule is O=C1C2C3CCC(O3)C2C(=O)N1c1cnn(Cc2ccc(F)cc2Cl)c1. The molecule has 2 bridgehead atoms. The lowest BCUT2D eigenvalue weighted by atomic mass is 9.81. The van der Waals surface area contributed by atoms with Crippen LogP contribution in [-0.2, 0) is 20.9 Å². The minimum absolute atomic E-state index is 0.139. The number of carbonyl (C=O) groups is 2. The van der Waals surface area contributed by atoms with Gasteiger partial charge in [-0.15, -0.1) is 0 Å². The number of rotatable bonds is 3. The Hall–Kier alpha value is -2.25. The highest BCUT2D eigenvalue weighted by molar-refractivity contribution is 6.31. The third-order valence-electron chi connectivity index (χ3n) is 5.51. The lowest BCUT2D eigenvalue weighted by Gasteiger charge is -2.15. The molecule has 0 N–H and O–H groups in total. The molecule has 5 rings (SSSR count). The average Bonchev–Trinajstić information content (AvgIpc) is 3.35. The number of fused-ring (bicyclic) bond motifs is 5. The van der Waals surface area contributed by atoms with Gasteiger partial charge in [0, 0.05) is 11.2 Å². The lowest BCUT2D eigenvalue weighted by Crippen LogP contribution is -2.34. The largest absolute Gasteiger partial charge is 0.373 e. The van der Waals surface area contributed by atoms with E-state index in [1.807, 2.05) is 0 Å². The van der Waals surface area contributed by atoms with E-state index >= 15 is 0 Å². The van der Waals surface area contributed by atoms with E-state index in [-0.39, 0.29) is 35.9 Å². The second-order valence-electron chi connectivity index (χ2n) is 6.99. The molecule has 2 aromatic rings. The van der Waals surface area contributed by atoms with E-state index in [9.17, 15) is 14.0 Å². The van der Waals surface area contributed by atoms with Crippen molar-refractivity contribution in [1.82, 2.24) is 9.78 Å². The topological polar surface area (TPSA) is 64.4 Å². The Balaban J connectivity index is 1.40. The molecule has 0 spiro atoms. The summed E-state index contributed by atoms with van der Waals surface area (Å²) in [7, 11) is 0. The first-order valence-electron chi connectivity index (χ1n) is 8.52. The lowest BCUT2D eigenvalue weighted by molar-refractivity contribution is -0.124. The summed E-state index contributed by atoms with van der Waals surface area (Å²) in [6.45, 7) is 0.316. The molecular formula is C18H15ClFN3O3. The van der Waals surface area contributed by atoms with Crippen LogP contribution in [0.15, 0.2) is 30.6 Å². The highest BCUT2D eigenvalue weighted by Crippen LogP contribution is 2.49. The highest BCUT2D eigenvalue weighted by Gasteiger charge is 2.62. The smallest absolute Gasteiger partial charge is 0.240 e. The summed E-state index contributed by atoms with van der Waals surface area (Å²) in [4.78, 5) is 26.8. The second-order valence-corrected chi connectivity index (χ2v) is 7.39. The quantitative estimate of drug-likeness (QED) is 0.773. The summed E-state index contributed by atoms with van der Waals surface area (Å²) in [5, 5.41) is 4.53. The molecule has 134 valence electrons. The van der Waals surface area contributed by atoms with E-state index in [1.165, 1.54) is 23.2 Å². The average molecular weight is 376 g/mol. The van der Waals surface area contributed by atoms with Gasteiger partial charge in [-0.3, -0.25) is 14.3 Å². The Morgan fingerprint density at radius 1 is 1.19 bits per heavy atom. The van der Waals surface area contributed by atoms with Gasteiger partial charge in [-0.1, -0.05) is 17.7 Å². The molecule has 3 aliphatic heterocycles. The molecule has 4 unspecified atom stereocenters. The Bertz CT molecular complexity index is 902. The first-order chi connectivity index (χ1) is 12.5. The van der Waals surface area contributed by atoms with E-state index in [0.29, 0.717) is 22.8 Å². The Kier molecular flexibility index (Phi) is 3.45. The molecule has 3 fully saturated rings. The van der Waals surface area contributed by atoms with Crippen molar-refractivity contribution in [2.45, 2.75) is 31.6 Å². The van der Waals surface area contributed by atoms with Crippen LogP contribution in [0.3, 0.4) is 0 Å². The van der Waals surface area contributed by atoms with Crippen LogP contribution in [0, 0.1) is 17.7 Å². The van der Waals surface area contributed by atoms with Gasteiger partial charge in [0.2, 0.25) is 11.8 Å². The number of amides is 2. The first kappa shape index (κ1) is 16.0. The van der Waals surface area contributed by atoms with Crippen molar-refractivity contribution in [3.05, 3.63) is 47.0 Å². The Labute approximate surface area is 153 Å². The number of anilines is 1. The second kappa shape index (κ2) is 5.62. The molecular weight excluding hydrogens is 361 g/mol. The molecule has 3 saturated heterocycles.